The van der Waals surface area contributed by atoms with Crippen molar-refractivity contribution in [1.29, 1.82) is 0 Å². The number of nitrogens with one attached hydrogen (secondary N) is 1. The second-order valence-corrected chi connectivity index (χ2v) is 4.95. The molecule has 0 aliphatic carbocycles. The molecule has 0 aliphatic rings. The average molecular weight is 364 g/mol. The van der Waals surface area contributed by atoms with Gasteiger partial charge in [-0.05, 0) is 35.0 Å². The van der Waals surface area contributed by atoms with E-state index in [0.29, 0.717) is 0 Å². The molecular formula is C13H9BrF3NO3. The predicted octanol–water partition coefficient (Wildman–Crippen LogP) is 3.49. The van der Waals surface area contributed by atoms with Gasteiger partial charge in [0, 0.05) is 10.7 Å². The van der Waals surface area contributed by atoms with Crippen molar-refractivity contribution in [3.8, 4) is 0 Å². The smallest absolute Gasteiger partial charge is 0.418 e. The largest absolute Gasteiger partial charge is 0.462 e. The Labute approximate surface area is 125 Å². The van der Waals surface area contributed by atoms with Gasteiger partial charge >= 0.3 is 12.1 Å². The first kappa shape index (κ1) is 15.6. The fourth-order valence-corrected chi connectivity index (χ4v) is 2.40. The van der Waals surface area contributed by atoms with Gasteiger partial charge < -0.3 is 9.72 Å². The van der Waals surface area contributed by atoms with Crippen molar-refractivity contribution >= 4 is 32.8 Å². The SMILES string of the molecule is CCOC(=O)c1c[nH]c2c(C(F)(F)F)ccc(Br)c2c1=O. The molecule has 2 aromatic rings. The minimum absolute atomic E-state index is 0.0556. The number of carbonyl (C=O) groups is 1. The van der Waals surface area contributed by atoms with Gasteiger partial charge in [0.05, 0.1) is 23.1 Å². The minimum Gasteiger partial charge on any atom is -0.462 e. The lowest BCUT2D eigenvalue weighted by atomic mass is 10.1. The van der Waals surface area contributed by atoms with Crippen LogP contribution >= 0.6 is 15.9 Å². The van der Waals surface area contributed by atoms with Crippen LogP contribution in [0.2, 0.25) is 0 Å². The summed E-state index contributed by atoms with van der Waals surface area (Å²) in [6.45, 7) is 1.62. The number of hydrogen-bond acceptors (Lipinski definition) is 3. The molecule has 0 saturated carbocycles. The molecule has 0 atom stereocenters. The van der Waals surface area contributed by atoms with E-state index in [2.05, 4.69) is 20.9 Å². The number of halogens is 4. The zero-order valence-corrected chi connectivity index (χ0v) is 12.3. The van der Waals surface area contributed by atoms with E-state index >= 15 is 0 Å². The summed E-state index contributed by atoms with van der Waals surface area (Å²) >= 11 is 3.03. The number of H-pyrrole nitrogens is 1. The Morgan fingerprint density at radius 3 is 2.62 bits per heavy atom. The fourth-order valence-electron chi connectivity index (χ4n) is 1.89. The topological polar surface area (TPSA) is 59.2 Å². The van der Waals surface area contributed by atoms with Crippen LogP contribution < -0.4 is 5.43 Å². The predicted molar refractivity (Wildman–Crippen MR) is 73.2 cm³/mol. The van der Waals surface area contributed by atoms with Crippen molar-refractivity contribution in [2.45, 2.75) is 13.1 Å². The number of ether oxygens (including phenoxy) is 1. The van der Waals surface area contributed by atoms with E-state index in [9.17, 15) is 22.8 Å². The zero-order chi connectivity index (χ0) is 15.8. The normalized spacial score (nSPS) is 11.7. The van der Waals surface area contributed by atoms with E-state index in [1.165, 1.54) is 0 Å². The van der Waals surface area contributed by atoms with Gasteiger partial charge in [0.2, 0.25) is 5.43 Å². The molecule has 0 fully saturated rings. The summed E-state index contributed by atoms with van der Waals surface area (Å²) in [5, 5.41) is -0.240. The van der Waals surface area contributed by atoms with Crippen LogP contribution in [-0.4, -0.2) is 17.6 Å². The Morgan fingerprint density at radius 2 is 2.05 bits per heavy atom. The number of pyridine rings is 1. The zero-order valence-electron chi connectivity index (χ0n) is 10.7. The van der Waals surface area contributed by atoms with Crippen molar-refractivity contribution < 1.29 is 22.7 Å². The molecule has 1 heterocycles. The van der Waals surface area contributed by atoms with Crippen molar-refractivity contribution in [3.63, 3.8) is 0 Å². The monoisotopic (exact) mass is 363 g/mol. The number of esters is 1. The summed E-state index contributed by atoms with van der Waals surface area (Å²) in [4.78, 5) is 26.2. The van der Waals surface area contributed by atoms with Gasteiger partial charge in [0.1, 0.15) is 5.56 Å². The van der Waals surface area contributed by atoms with Gasteiger partial charge in [-0.25, -0.2) is 4.79 Å². The molecular weight excluding hydrogens is 355 g/mol. The summed E-state index contributed by atoms with van der Waals surface area (Å²) in [6.07, 6.45) is -3.68. The lowest BCUT2D eigenvalue weighted by Gasteiger charge is -2.11. The van der Waals surface area contributed by atoms with E-state index in [1.807, 2.05) is 0 Å². The lowest BCUT2D eigenvalue weighted by molar-refractivity contribution is -0.136. The highest BCUT2D eigenvalue weighted by Crippen LogP contribution is 2.35. The van der Waals surface area contributed by atoms with Crippen molar-refractivity contribution in [1.82, 2.24) is 4.98 Å². The highest BCUT2D eigenvalue weighted by Gasteiger charge is 2.34. The highest BCUT2D eigenvalue weighted by atomic mass is 79.9. The summed E-state index contributed by atoms with van der Waals surface area (Å²) in [6, 6.07) is 1.97. The van der Waals surface area contributed by atoms with Crippen molar-refractivity contribution in [3.05, 3.63) is 44.2 Å². The van der Waals surface area contributed by atoms with Gasteiger partial charge in [-0.15, -0.1) is 0 Å². The Bertz CT molecular complexity index is 768. The summed E-state index contributed by atoms with van der Waals surface area (Å²) in [5.41, 5.74) is -2.52. The van der Waals surface area contributed by atoms with Crippen LogP contribution in [0.15, 0.2) is 27.6 Å². The van der Waals surface area contributed by atoms with Crippen LogP contribution in [0.1, 0.15) is 22.8 Å². The third kappa shape index (κ3) is 2.80. The van der Waals surface area contributed by atoms with Crippen molar-refractivity contribution in [2.24, 2.45) is 0 Å². The number of hydrogen-bond donors (Lipinski definition) is 1. The van der Waals surface area contributed by atoms with Crippen LogP contribution in [0.3, 0.4) is 0 Å². The molecule has 0 spiro atoms. The standard InChI is InChI=1S/C13H9BrF3NO3/c1-2-21-12(20)6-5-18-10-7(13(15,16)17)3-4-8(14)9(10)11(6)19/h3-5H,2H2,1H3,(H,18,19). The van der Waals surface area contributed by atoms with Gasteiger partial charge in [-0.2, -0.15) is 13.2 Å². The third-order valence-electron chi connectivity index (χ3n) is 2.79. The summed E-state index contributed by atoms with van der Waals surface area (Å²) in [7, 11) is 0. The molecule has 0 bridgehead atoms. The second-order valence-electron chi connectivity index (χ2n) is 4.09. The maximum Gasteiger partial charge on any atom is 0.418 e. The molecule has 0 radical (unpaired) electrons. The van der Waals surface area contributed by atoms with Crippen LogP contribution in [-0.2, 0) is 10.9 Å². The Morgan fingerprint density at radius 1 is 1.38 bits per heavy atom. The Balaban J connectivity index is 2.80. The van der Waals surface area contributed by atoms with E-state index in [1.54, 1.807) is 6.92 Å². The van der Waals surface area contributed by atoms with Gasteiger partial charge in [0.25, 0.3) is 0 Å². The van der Waals surface area contributed by atoms with Crippen LogP contribution in [0.5, 0.6) is 0 Å². The first-order valence-electron chi connectivity index (χ1n) is 5.85. The molecule has 0 aliphatic heterocycles. The number of benzene rings is 1. The minimum atomic E-state index is -4.62. The fraction of sp³-hybridized carbons (Fsp3) is 0.231. The van der Waals surface area contributed by atoms with E-state index in [4.69, 9.17) is 4.74 Å². The lowest BCUT2D eigenvalue weighted by Crippen LogP contribution is -2.19. The summed E-state index contributed by atoms with van der Waals surface area (Å²) < 4.78 is 43.7. The first-order valence-corrected chi connectivity index (χ1v) is 6.65. The van der Waals surface area contributed by atoms with E-state index < -0.39 is 23.1 Å². The van der Waals surface area contributed by atoms with Gasteiger partial charge in [0.15, 0.2) is 0 Å². The van der Waals surface area contributed by atoms with E-state index in [-0.39, 0.29) is 27.5 Å². The molecule has 0 unspecified atom stereocenters. The average Bonchev–Trinajstić information content (AvgIpc) is 2.37. The Hall–Kier alpha value is -1.83. The molecule has 1 N–H and O–H groups in total. The third-order valence-corrected chi connectivity index (χ3v) is 3.45. The molecule has 2 rings (SSSR count). The highest BCUT2D eigenvalue weighted by molar-refractivity contribution is 9.10. The number of alkyl halides is 3. The molecule has 1 aromatic heterocycles. The summed E-state index contributed by atoms with van der Waals surface area (Å²) in [5.74, 6) is -0.884. The molecule has 112 valence electrons. The maximum atomic E-state index is 12.9. The van der Waals surface area contributed by atoms with Crippen LogP contribution in [0.25, 0.3) is 10.9 Å². The Kier molecular flexibility index (Phi) is 4.08. The van der Waals surface area contributed by atoms with Gasteiger partial charge in [-0.3, -0.25) is 4.79 Å². The molecule has 0 amide bonds. The van der Waals surface area contributed by atoms with E-state index in [0.717, 1.165) is 18.3 Å². The second kappa shape index (κ2) is 5.51. The number of carbonyl (C=O) groups excluding carboxylic acids is 1. The molecule has 8 heteroatoms. The molecule has 4 nitrogen and oxygen atoms in total. The first-order chi connectivity index (χ1) is 9.77. The molecule has 21 heavy (non-hydrogen) atoms. The van der Waals surface area contributed by atoms with Crippen LogP contribution in [0, 0.1) is 0 Å². The number of rotatable bonds is 2. The van der Waals surface area contributed by atoms with Gasteiger partial charge in [-0.1, -0.05) is 0 Å². The molecule has 0 saturated heterocycles. The van der Waals surface area contributed by atoms with Crippen LogP contribution in [0.4, 0.5) is 13.2 Å². The quantitative estimate of drug-likeness (QED) is 0.830. The number of aromatic nitrogens is 1. The maximum absolute atomic E-state index is 12.9. The number of aromatic amines is 1. The molecule has 1 aromatic carbocycles. The van der Waals surface area contributed by atoms with Crippen molar-refractivity contribution in [2.75, 3.05) is 6.61 Å². The number of fused-ring (bicyclic) bond motifs is 1.